The summed E-state index contributed by atoms with van der Waals surface area (Å²) in [4.78, 5) is 39.4. The van der Waals surface area contributed by atoms with E-state index in [-0.39, 0.29) is 23.7 Å². The molecular weight excluding hydrogens is 330 g/mol. The average molecular weight is 355 g/mol. The smallest absolute Gasteiger partial charge is 0.338 e. The first-order valence-corrected chi connectivity index (χ1v) is 9.76. The maximum atomic E-state index is 12.9. The Balaban J connectivity index is 1.51. The fourth-order valence-corrected chi connectivity index (χ4v) is 5.04. The van der Waals surface area contributed by atoms with Crippen molar-refractivity contribution in [2.45, 2.75) is 45.4 Å². The van der Waals surface area contributed by atoms with Gasteiger partial charge in [-0.3, -0.25) is 14.5 Å². The van der Waals surface area contributed by atoms with Gasteiger partial charge in [0.15, 0.2) is 0 Å². The van der Waals surface area contributed by atoms with Crippen LogP contribution in [0.5, 0.6) is 0 Å². The first-order valence-electron chi connectivity index (χ1n) is 9.76. The van der Waals surface area contributed by atoms with Gasteiger partial charge in [-0.05, 0) is 55.7 Å². The number of rotatable bonds is 6. The highest BCUT2D eigenvalue weighted by Gasteiger charge is 2.61. The standard InChI is InChI=1S/C21H25NO4/c1-2-3-4-10-26-21(25)15-6-5-7-16(12-15)22-19(23)17-13-8-9-14(11-13)18(17)20(22)24/h5-7,12-14,17-18H,2-4,8-11H2,1H3/t13-,14+,17-,18+. The summed E-state index contributed by atoms with van der Waals surface area (Å²) in [6.45, 7) is 2.49. The van der Waals surface area contributed by atoms with Crippen molar-refractivity contribution in [1.82, 2.24) is 0 Å². The van der Waals surface area contributed by atoms with Crippen molar-refractivity contribution in [3.63, 3.8) is 0 Å². The monoisotopic (exact) mass is 355 g/mol. The lowest BCUT2D eigenvalue weighted by Crippen LogP contribution is -2.32. The topological polar surface area (TPSA) is 63.7 Å². The predicted octanol–water partition coefficient (Wildman–Crippen LogP) is 3.57. The first kappa shape index (κ1) is 17.3. The molecule has 5 heteroatoms. The van der Waals surface area contributed by atoms with Gasteiger partial charge in [-0.1, -0.05) is 25.8 Å². The summed E-state index contributed by atoms with van der Waals surface area (Å²) in [5.74, 6) is -0.142. The number of nitrogens with zero attached hydrogens (tertiary/aromatic N) is 1. The number of unbranched alkanes of at least 4 members (excludes halogenated alkanes) is 2. The van der Waals surface area contributed by atoms with E-state index in [9.17, 15) is 14.4 Å². The van der Waals surface area contributed by atoms with E-state index < -0.39 is 5.97 Å². The third kappa shape index (κ3) is 2.74. The van der Waals surface area contributed by atoms with E-state index in [4.69, 9.17) is 4.74 Å². The van der Waals surface area contributed by atoms with Gasteiger partial charge in [0.1, 0.15) is 0 Å². The molecule has 1 aliphatic heterocycles. The van der Waals surface area contributed by atoms with Crippen molar-refractivity contribution < 1.29 is 19.1 Å². The van der Waals surface area contributed by atoms with Crippen LogP contribution in [0.25, 0.3) is 0 Å². The average Bonchev–Trinajstić information content (AvgIpc) is 3.32. The zero-order chi connectivity index (χ0) is 18.3. The van der Waals surface area contributed by atoms with Gasteiger partial charge in [0.25, 0.3) is 0 Å². The molecule has 1 saturated heterocycles. The largest absolute Gasteiger partial charge is 0.462 e. The number of esters is 1. The van der Waals surface area contributed by atoms with Crippen LogP contribution >= 0.6 is 0 Å². The number of carbonyl (C=O) groups excluding carboxylic acids is 3. The summed E-state index contributed by atoms with van der Waals surface area (Å²) in [6, 6.07) is 6.72. The number of amides is 2. The minimum absolute atomic E-state index is 0.0827. The third-order valence-corrected chi connectivity index (χ3v) is 6.25. The Morgan fingerprint density at radius 1 is 1.12 bits per heavy atom. The fourth-order valence-electron chi connectivity index (χ4n) is 5.04. The molecule has 1 aromatic rings. The zero-order valence-corrected chi connectivity index (χ0v) is 15.1. The molecule has 2 bridgehead atoms. The highest BCUT2D eigenvalue weighted by atomic mass is 16.5. The van der Waals surface area contributed by atoms with Gasteiger partial charge in [-0.25, -0.2) is 4.79 Å². The molecule has 0 unspecified atom stereocenters. The molecule has 0 aromatic heterocycles. The van der Waals surface area contributed by atoms with Crippen LogP contribution in [-0.4, -0.2) is 24.4 Å². The van der Waals surface area contributed by atoms with Crippen molar-refractivity contribution in [3.05, 3.63) is 29.8 Å². The second-order valence-corrected chi connectivity index (χ2v) is 7.79. The summed E-state index contributed by atoms with van der Waals surface area (Å²) in [6.07, 6.45) is 6.07. The van der Waals surface area contributed by atoms with Crippen molar-refractivity contribution in [2.24, 2.45) is 23.7 Å². The van der Waals surface area contributed by atoms with Crippen LogP contribution < -0.4 is 4.90 Å². The van der Waals surface area contributed by atoms with Crippen LogP contribution in [0.4, 0.5) is 5.69 Å². The number of hydrogen-bond donors (Lipinski definition) is 0. The van der Waals surface area contributed by atoms with Crippen LogP contribution in [0.3, 0.4) is 0 Å². The molecule has 1 heterocycles. The molecule has 1 aromatic carbocycles. The quantitative estimate of drug-likeness (QED) is 0.445. The molecule has 2 amide bonds. The molecule has 26 heavy (non-hydrogen) atoms. The summed E-state index contributed by atoms with van der Waals surface area (Å²) >= 11 is 0. The highest BCUT2D eigenvalue weighted by molar-refractivity contribution is 6.22. The van der Waals surface area contributed by atoms with Gasteiger partial charge in [-0.15, -0.1) is 0 Å². The first-order chi connectivity index (χ1) is 12.6. The number of fused-ring (bicyclic) bond motifs is 5. The molecule has 5 nitrogen and oxygen atoms in total. The summed E-state index contributed by atoms with van der Waals surface area (Å²) in [7, 11) is 0. The van der Waals surface area contributed by atoms with Crippen LogP contribution in [0.15, 0.2) is 24.3 Å². The Morgan fingerprint density at radius 3 is 2.46 bits per heavy atom. The number of imide groups is 1. The molecule has 4 rings (SSSR count). The summed E-state index contributed by atoms with van der Waals surface area (Å²) < 4.78 is 5.29. The van der Waals surface area contributed by atoms with Crippen molar-refractivity contribution in [3.8, 4) is 0 Å². The minimum Gasteiger partial charge on any atom is -0.462 e. The Hall–Kier alpha value is -2.17. The Bertz CT molecular complexity index is 715. The number of carbonyl (C=O) groups is 3. The van der Waals surface area contributed by atoms with Crippen molar-refractivity contribution in [1.29, 1.82) is 0 Å². The predicted molar refractivity (Wildman–Crippen MR) is 96.6 cm³/mol. The van der Waals surface area contributed by atoms with E-state index in [1.54, 1.807) is 24.3 Å². The molecule has 2 saturated carbocycles. The Labute approximate surface area is 153 Å². The molecule has 4 atom stereocenters. The van der Waals surface area contributed by atoms with E-state index in [0.717, 1.165) is 38.5 Å². The molecule has 0 radical (unpaired) electrons. The number of ether oxygens (including phenoxy) is 1. The second kappa shape index (κ2) is 6.86. The zero-order valence-electron chi connectivity index (χ0n) is 15.1. The molecule has 3 fully saturated rings. The van der Waals surface area contributed by atoms with E-state index in [0.29, 0.717) is 29.7 Å². The lowest BCUT2D eigenvalue weighted by molar-refractivity contribution is -0.123. The van der Waals surface area contributed by atoms with E-state index in [1.807, 2.05) is 0 Å². The van der Waals surface area contributed by atoms with E-state index in [1.165, 1.54) is 4.90 Å². The van der Waals surface area contributed by atoms with Crippen LogP contribution in [-0.2, 0) is 14.3 Å². The molecular formula is C21H25NO4. The van der Waals surface area contributed by atoms with E-state index in [2.05, 4.69) is 6.92 Å². The Kier molecular flexibility index (Phi) is 4.55. The van der Waals surface area contributed by atoms with Gasteiger partial charge >= 0.3 is 5.97 Å². The Morgan fingerprint density at radius 2 is 1.81 bits per heavy atom. The SMILES string of the molecule is CCCCCOC(=O)c1cccc(N2C(=O)[C@@H]3[C@@H]4CC[C@@H](C4)[C@@H]3C2=O)c1. The van der Waals surface area contributed by atoms with Gasteiger partial charge in [0.05, 0.1) is 29.7 Å². The van der Waals surface area contributed by atoms with Gasteiger partial charge < -0.3 is 4.74 Å². The number of hydrogen-bond acceptors (Lipinski definition) is 4. The maximum absolute atomic E-state index is 12.9. The van der Waals surface area contributed by atoms with Crippen molar-refractivity contribution >= 4 is 23.5 Å². The van der Waals surface area contributed by atoms with E-state index >= 15 is 0 Å². The summed E-state index contributed by atoms with van der Waals surface area (Å²) in [5, 5.41) is 0. The molecule has 2 aliphatic carbocycles. The highest BCUT2D eigenvalue weighted by Crippen LogP contribution is 2.56. The third-order valence-electron chi connectivity index (χ3n) is 6.25. The fraction of sp³-hybridized carbons (Fsp3) is 0.571. The molecule has 3 aliphatic rings. The molecule has 0 spiro atoms. The summed E-state index contributed by atoms with van der Waals surface area (Å²) in [5.41, 5.74) is 0.886. The minimum atomic E-state index is -0.401. The number of benzene rings is 1. The molecule has 138 valence electrons. The van der Waals surface area contributed by atoms with Gasteiger partial charge in [-0.2, -0.15) is 0 Å². The maximum Gasteiger partial charge on any atom is 0.338 e. The van der Waals surface area contributed by atoms with Crippen molar-refractivity contribution in [2.75, 3.05) is 11.5 Å². The lowest BCUT2D eigenvalue weighted by atomic mass is 9.81. The number of anilines is 1. The van der Waals surface area contributed by atoms with Gasteiger partial charge in [0, 0.05) is 0 Å². The second-order valence-electron chi connectivity index (χ2n) is 7.79. The van der Waals surface area contributed by atoms with Gasteiger partial charge in [0.2, 0.25) is 11.8 Å². The normalized spacial score (nSPS) is 29.3. The van der Waals surface area contributed by atoms with Crippen LogP contribution in [0, 0.1) is 23.7 Å². The van der Waals surface area contributed by atoms with Crippen LogP contribution in [0.2, 0.25) is 0 Å². The lowest BCUT2D eigenvalue weighted by Gasteiger charge is -2.19. The molecule has 0 N–H and O–H groups in total. The van der Waals surface area contributed by atoms with Crippen LogP contribution in [0.1, 0.15) is 55.8 Å².